The largest absolute Gasteiger partial charge is 2.00 e. The zero-order chi connectivity index (χ0) is 10.9. The second kappa shape index (κ2) is 36.7. The standard InChI is InChI=1S/2C4H9.2C2H5.Al.Mg/c2*1-3-4-2;2*1-2;;/h2*1,3-4H2,2H3;2*1H2,2H3;;/q2*-1;;;;+2. The van der Waals surface area contributed by atoms with Crippen LogP contribution in [0.15, 0.2) is 0 Å². The zero-order valence-corrected chi connectivity index (χ0v) is 13.5. The molecule has 0 saturated carbocycles. The Morgan fingerprint density at radius 2 is 1.00 bits per heavy atom. The molecule has 0 aliphatic heterocycles. The van der Waals surface area contributed by atoms with Crippen molar-refractivity contribution in [2.75, 3.05) is 0 Å². The monoisotopic (exact) mass is 223 g/mol. The van der Waals surface area contributed by atoms with E-state index in [1.165, 1.54) is 23.4 Å². The van der Waals surface area contributed by atoms with Gasteiger partial charge in [0.15, 0.2) is 15.2 Å². The summed E-state index contributed by atoms with van der Waals surface area (Å²) < 4.78 is 0. The van der Waals surface area contributed by atoms with E-state index in [1.54, 1.807) is 0 Å². The van der Waals surface area contributed by atoms with Gasteiger partial charge in [0.25, 0.3) is 0 Å². The first-order valence-electron chi connectivity index (χ1n) is 5.64. The first kappa shape index (κ1) is 24.5. The maximum atomic E-state index is 3.60. The van der Waals surface area contributed by atoms with Crippen molar-refractivity contribution in [1.82, 2.24) is 0 Å². The predicted octanol–water partition coefficient (Wildman–Crippen LogP) is 4.43. The summed E-state index contributed by atoms with van der Waals surface area (Å²) in [5, 5.41) is 2.85. The fourth-order valence-electron chi connectivity index (χ4n) is 0.289. The van der Waals surface area contributed by atoms with Crippen molar-refractivity contribution < 1.29 is 0 Å². The summed E-state index contributed by atoms with van der Waals surface area (Å²) in [7, 11) is 0. The van der Waals surface area contributed by atoms with E-state index in [9.17, 15) is 0 Å². The molecule has 0 amide bonds. The molecule has 14 heavy (non-hydrogen) atoms. The van der Waals surface area contributed by atoms with Crippen LogP contribution in [0.25, 0.3) is 0 Å². The van der Waals surface area contributed by atoms with Crippen LogP contribution in [0.4, 0.5) is 0 Å². The van der Waals surface area contributed by atoms with Gasteiger partial charge >= 0.3 is 23.1 Å². The van der Waals surface area contributed by atoms with Gasteiger partial charge in [-0.15, -0.1) is 10.6 Å². The van der Waals surface area contributed by atoms with Crippen LogP contribution in [0.3, 0.4) is 0 Å². The van der Waals surface area contributed by atoms with Crippen molar-refractivity contribution in [3.8, 4) is 0 Å². The van der Waals surface area contributed by atoms with E-state index in [1.807, 2.05) is 0 Å². The van der Waals surface area contributed by atoms with E-state index < -0.39 is 0 Å². The average Bonchev–Trinajstić information content (AvgIpc) is 2.20. The molecular formula is C12H28AlMg. The first-order valence-corrected chi connectivity index (χ1v) is 7.28. The zero-order valence-electron chi connectivity index (χ0n) is 10.9. The Kier molecular flexibility index (Phi) is 64.3. The fraction of sp³-hybridized carbons (Fsp3) is 0.833. The molecule has 81 valence electrons. The molecule has 0 rings (SSSR count). The third-order valence-electron chi connectivity index (χ3n) is 1.28. The second-order valence-electron chi connectivity index (χ2n) is 2.81. The van der Waals surface area contributed by atoms with Gasteiger partial charge < -0.3 is 13.8 Å². The number of unbranched alkanes of at least 4 members (excludes halogenated alkanes) is 2. The Morgan fingerprint density at radius 3 is 1.00 bits per heavy atom. The molecule has 0 fully saturated rings. The van der Waals surface area contributed by atoms with Gasteiger partial charge in [-0.05, 0) is 0 Å². The summed E-state index contributed by atoms with van der Waals surface area (Å²) >= 11 is 0.815. The van der Waals surface area contributed by atoms with Gasteiger partial charge in [0, 0.05) is 0 Å². The van der Waals surface area contributed by atoms with E-state index >= 15 is 0 Å². The molecule has 0 nitrogen and oxygen atoms in total. The molecule has 0 aromatic heterocycles. The van der Waals surface area contributed by atoms with Crippen molar-refractivity contribution in [3.05, 3.63) is 13.8 Å². The van der Waals surface area contributed by atoms with E-state index in [0.29, 0.717) is 0 Å². The van der Waals surface area contributed by atoms with Gasteiger partial charge in [-0.25, -0.2) is 0 Å². The summed E-state index contributed by atoms with van der Waals surface area (Å²) in [5.41, 5.74) is 0. The van der Waals surface area contributed by atoms with Gasteiger partial charge in [0.2, 0.25) is 0 Å². The SMILES string of the molecule is C[CH2][Al][CH2]C.[CH2-]CCC.[CH2-]CCC.[Mg+2]. The summed E-state index contributed by atoms with van der Waals surface area (Å²) in [6, 6.07) is 0. The van der Waals surface area contributed by atoms with Gasteiger partial charge in [-0.1, -0.05) is 40.5 Å². The van der Waals surface area contributed by atoms with Crippen molar-refractivity contribution in [1.29, 1.82) is 0 Å². The molecule has 0 saturated heterocycles. The third kappa shape index (κ3) is 71.6. The van der Waals surface area contributed by atoms with Crippen LogP contribution in [-0.4, -0.2) is 38.3 Å². The van der Waals surface area contributed by atoms with Crippen LogP contribution in [0.1, 0.15) is 53.4 Å². The van der Waals surface area contributed by atoms with Crippen molar-refractivity contribution in [3.63, 3.8) is 0 Å². The topological polar surface area (TPSA) is 0 Å². The Balaban J connectivity index is -0.0000000522. The molecular weight excluding hydrogens is 195 g/mol. The predicted molar refractivity (Wildman–Crippen MR) is 73.0 cm³/mol. The van der Waals surface area contributed by atoms with E-state index in [2.05, 4.69) is 41.5 Å². The minimum absolute atomic E-state index is 0. The molecule has 0 aromatic rings. The smallest absolute Gasteiger partial charge is 0.343 e. The maximum absolute atomic E-state index is 3.60. The van der Waals surface area contributed by atoms with Crippen LogP contribution < -0.4 is 0 Å². The van der Waals surface area contributed by atoms with Crippen LogP contribution in [0, 0.1) is 13.8 Å². The minimum atomic E-state index is 0. The van der Waals surface area contributed by atoms with Crippen molar-refractivity contribution in [2.24, 2.45) is 0 Å². The van der Waals surface area contributed by atoms with Gasteiger partial charge in [-0.2, -0.15) is 12.8 Å². The Labute approximate surface area is 115 Å². The number of rotatable bonds is 4. The second-order valence-corrected chi connectivity index (χ2v) is 5.02. The molecule has 0 N–H and O–H groups in total. The summed E-state index contributed by atoms with van der Waals surface area (Å²) in [6.45, 7) is 15.9. The van der Waals surface area contributed by atoms with Gasteiger partial charge in [-0.3, -0.25) is 0 Å². The van der Waals surface area contributed by atoms with E-state index in [4.69, 9.17) is 0 Å². The molecule has 0 aromatic carbocycles. The molecule has 0 unspecified atom stereocenters. The summed E-state index contributed by atoms with van der Waals surface area (Å²) in [5.74, 6) is 0. The van der Waals surface area contributed by atoms with Crippen LogP contribution in [0.5, 0.6) is 0 Å². The summed E-state index contributed by atoms with van der Waals surface area (Å²) in [4.78, 5) is 0. The molecule has 0 bridgehead atoms. The summed E-state index contributed by atoms with van der Waals surface area (Å²) in [6.07, 6.45) is 4.56. The first-order chi connectivity index (χ1) is 6.24. The van der Waals surface area contributed by atoms with Gasteiger partial charge in [0.1, 0.15) is 0 Å². The molecule has 2 heteroatoms. The van der Waals surface area contributed by atoms with Crippen molar-refractivity contribution in [2.45, 2.75) is 63.9 Å². The fourth-order valence-corrected chi connectivity index (χ4v) is 0.866. The van der Waals surface area contributed by atoms with Crippen LogP contribution in [0.2, 0.25) is 10.6 Å². The normalized spacial score (nSPS) is 7.00. The minimum Gasteiger partial charge on any atom is -0.343 e. The van der Waals surface area contributed by atoms with Crippen LogP contribution >= 0.6 is 0 Å². The molecule has 1 radical (unpaired) electrons. The molecule has 0 spiro atoms. The van der Waals surface area contributed by atoms with Gasteiger partial charge in [0.05, 0.1) is 0 Å². The number of hydrogen-bond donors (Lipinski definition) is 0. The molecule has 0 atom stereocenters. The maximum Gasteiger partial charge on any atom is 2.00 e. The van der Waals surface area contributed by atoms with E-state index in [0.717, 1.165) is 28.1 Å². The molecule has 0 aliphatic rings. The van der Waals surface area contributed by atoms with E-state index in [-0.39, 0.29) is 23.1 Å². The quantitative estimate of drug-likeness (QED) is 0.489. The Hall–Kier alpha value is 1.30. The average molecular weight is 224 g/mol. The third-order valence-corrected chi connectivity index (χ3v) is 2.44. The van der Waals surface area contributed by atoms with Crippen molar-refractivity contribution >= 4 is 38.3 Å². The number of hydrogen-bond acceptors (Lipinski definition) is 0. The Bertz CT molecular complexity index is 39.6. The molecule has 0 heterocycles. The van der Waals surface area contributed by atoms with Crippen LogP contribution in [-0.2, 0) is 0 Å². The molecule has 0 aliphatic carbocycles. The Morgan fingerprint density at radius 1 is 0.786 bits per heavy atom.